The molecule has 0 spiro atoms. The number of carbonyl (C=O) groups excluding carboxylic acids is 2. The lowest BCUT2D eigenvalue weighted by molar-refractivity contribution is 0.0248. The Bertz CT molecular complexity index is 605. The molecule has 2 aliphatic rings. The van der Waals surface area contributed by atoms with Crippen LogP contribution in [-0.4, -0.2) is 59.9 Å². The van der Waals surface area contributed by atoms with Crippen LogP contribution in [0.25, 0.3) is 0 Å². The van der Waals surface area contributed by atoms with E-state index in [0.717, 1.165) is 32.5 Å². The van der Waals surface area contributed by atoms with Crippen molar-refractivity contribution in [2.75, 3.05) is 26.7 Å². The Balaban J connectivity index is 1.71. The highest BCUT2D eigenvalue weighted by atomic mass is 16.2. The molecule has 0 radical (unpaired) electrons. The fraction of sp³-hybridized carbons (Fsp3) is 0.556. The molecular weight excluding hydrogens is 290 g/mol. The maximum Gasteiger partial charge on any atom is 0.254 e. The quantitative estimate of drug-likeness (QED) is 0.924. The molecule has 1 saturated carbocycles. The molecule has 1 N–H and O–H groups in total. The van der Waals surface area contributed by atoms with E-state index in [-0.39, 0.29) is 17.4 Å². The van der Waals surface area contributed by atoms with Gasteiger partial charge >= 0.3 is 0 Å². The summed E-state index contributed by atoms with van der Waals surface area (Å²) in [5.74, 6) is -0.0105. The highest BCUT2D eigenvalue weighted by Crippen LogP contribution is 2.23. The van der Waals surface area contributed by atoms with E-state index < -0.39 is 0 Å². The highest BCUT2D eigenvalue weighted by Gasteiger charge is 2.35. The molecule has 2 fully saturated rings. The summed E-state index contributed by atoms with van der Waals surface area (Å²) in [6, 6.07) is 7.36. The maximum atomic E-state index is 12.8. The van der Waals surface area contributed by atoms with Gasteiger partial charge in [-0.2, -0.15) is 0 Å². The molecule has 0 bridgehead atoms. The number of carbonyl (C=O) groups is 2. The Labute approximate surface area is 137 Å². The minimum atomic E-state index is -0.188. The molecule has 1 saturated heterocycles. The van der Waals surface area contributed by atoms with E-state index in [4.69, 9.17) is 0 Å². The summed E-state index contributed by atoms with van der Waals surface area (Å²) in [6.07, 6.45) is 2.14. The van der Waals surface area contributed by atoms with Crippen molar-refractivity contribution >= 4 is 11.8 Å². The summed E-state index contributed by atoms with van der Waals surface area (Å²) < 4.78 is 0. The number of rotatable bonds is 3. The minimum absolute atomic E-state index is 0.0391. The second-order valence-corrected chi connectivity index (χ2v) is 7.33. The molecule has 5 nitrogen and oxygen atoms in total. The minimum Gasteiger partial charge on any atom is -0.349 e. The maximum absolute atomic E-state index is 12.8. The van der Waals surface area contributed by atoms with E-state index in [0.29, 0.717) is 17.2 Å². The summed E-state index contributed by atoms with van der Waals surface area (Å²) >= 11 is 0. The number of likely N-dealkylation sites (N-methyl/N-ethyl adjacent to an activating group) is 1. The van der Waals surface area contributed by atoms with E-state index in [9.17, 15) is 9.59 Å². The van der Waals surface area contributed by atoms with E-state index in [1.165, 1.54) is 0 Å². The van der Waals surface area contributed by atoms with Crippen molar-refractivity contribution < 1.29 is 9.59 Å². The van der Waals surface area contributed by atoms with Crippen LogP contribution in [0.4, 0.5) is 0 Å². The number of nitrogens with one attached hydrogen (secondary N) is 1. The molecule has 3 rings (SSSR count). The largest absolute Gasteiger partial charge is 0.349 e. The first-order valence-corrected chi connectivity index (χ1v) is 8.28. The van der Waals surface area contributed by atoms with Crippen molar-refractivity contribution in [1.82, 2.24) is 15.1 Å². The zero-order chi connectivity index (χ0) is 16.6. The predicted molar refractivity (Wildman–Crippen MR) is 89.5 cm³/mol. The molecule has 0 unspecified atom stereocenters. The molecule has 124 valence electrons. The third-order valence-corrected chi connectivity index (χ3v) is 4.64. The van der Waals surface area contributed by atoms with Crippen LogP contribution in [0.3, 0.4) is 0 Å². The van der Waals surface area contributed by atoms with Crippen LogP contribution >= 0.6 is 0 Å². The first-order chi connectivity index (χ1) is 10.9. The van der Waals surface area contributed by atoms with E-state index >= 15 is 0 Å². The van der Waals surface area contributed by atoms with Crippen LogP contribution in [0.2, 0.25) is 0 Å². The van der Waals surface area contributed by atoms with Gasteiger partial charge in [0, 0.05) is 36.8 Å². The van der Waals surface area contributed by atoms with Crippen LogP contribution in [0.5, 0.6) is 0 Å². The summed E-state index contributed by atoms with van der Waals surface area (Å²) in [7, 11) is 2.08. The molecule has 1 aromatic rings. The van der Waals surface area contributed by atoms with Gasteiger partial charge in [-0.05, 0) is 58.0 Å². The Hall–Kier alpha value is -1.88. The second kappa shape index (κ2) is 5.96. The average molecular weight is 315 g/mol. The van der Waals surface area contributed by atoms with Crippen LogP contribution in [0.1, 0.15) is 47.4 Å². The van der Waals surface area contributed by atoms with Crippen LogP contribution in [0.15, 0.2) is 24.3 Å². The van der Waals surface area contributed by atoms with Crippen molar-refractivity contribution in [3.8, 4) is 0 Å². The van der Waals surface area contributed by atoms with Gasteiger partial charge in [0.1, 0.15) is 0 Å². The highest BCUT2D eigenvalue weighted by molar-refractivity contribution is 5.98. The van der Waals surface area contributed by atoms with Crippen LogP contribution in [-0.2, 0) is 0 Å². The first-order valence-electron chi connectivity index (χ1n) is 8.28. The normalized spacial score (nSPS) is 21.1. The number of nitrogens with zero attached hydrogens (tertiary/aromatic N) is 2. The fourth-order valence-corrected chi connectivity index (χ4v) is 3.19. The van der Waals surface area contributed by atoms with Crippen LogP contribution < -0.4 is 5.32 Å². The third-order valence-electron chi connectivity index (χ3n) is 4.64. The second-order valence-electron chi connectivity index (χ2n) is 7.33. The van der Waals surface area contributed by atoms with Gasteiger partial charge in [0.05, 0.1) is 5.54 Å². The SMILES string of the molecule is CN1CCN(C(=O)c2ccc(C(=O)NC3CC3)cc2)C(C)(C)C1. The van der Waals surface area contributed by atoms with Gasteiger partial charge in [0.2, 0.25) is 0 Å². The molecule has 1 heterocycles. The van der Waals surface area contributed by atoms with Gasteiger partial charge in [0.25, 0.3) is 11.8 Å². The van der Waals surface area contributed by atoms with Crippen molar-refractivity contribution in [2.45, 2.75) is 38.3 Å². The third kappa shape index (κ3) is 3.55. The Morgan fingerprint density at radius 3 is 2.26 bits per heavy atom. The molecule has 1 aliphatic carbocycles. The molecule has 0 aromatic heterocycles. The van der Waals surface area contributed by atoms with E-state index in [1.54, 1.807) is 24.3 Å². The molecule has 2 amide bonds. The lowest BCUT2D eigenvalue weighted by atomic mass is 9.97. The van der Waals surface area contributed by atoms with Gasteiger partial charge in [0.15, 0.2) is 0 Å². The summed E-state index contributed by atoms with van der Waals surface area (Å²) in [5.41, 5.74) is 1.07. The zero-order valence-electron chi connectivity index (χ0n) is 14.1. The smallest absolute Gasteiger partial charge is 0.254 e. The van der Waals surface area contributed by atoms with Gasteiger partial charge in [-0.1, -0.05) is 0 Å². The van der Waals surface area contributed by atoms with Gasteiger partial charge in [-0.25, -0.2) is 0 Å². The Morgan fingerprint density at radius 2 is 1.70 bits per heavy atom. The molecule has 1 aromatic carbocycles. The lowest BCUT2D eigenvalue weighted by Crippen LogP contribution is -2.60. The van der Waals surface area contributed by atoms with Gasteiger partial charge in [-0.3, -0.25) is 9.59 Å². The lowest BCUT2D eigenvalue weighted by Gasteiger charge is -2.46. The number of piperazine rings is 1. The van der Waals surface area contributed by atoms with Crippen LogP contribution in [0, 0.1) is 0 Å². The molecule has 5 heteroatoms. The number of hydrogen-bond acceptors (Lipinski definition) is 3. The first kappa shape index (κ1) is 16.0. The number of hydrogen-bond donors (Lipinski definition) is 1. The fourth-order valence-electron chi connectivity index (χ4n) is 3.19. The molecular formula is C18H25N3O2. The van der Waals surface area contributed by atoms with E-state index in [1.807, 2.05) is 4.90 Å². The Morgan fingerprint density at radius 1 is 1.09 bits per heavy atom. The zero-order valence-corrected chi connectivity index (χ0v) is 14.1. The summed E-state index contributed by atoms with van der Waals surface area (Å²) in [6.45, 7) is 6.67. The van der Waals surface area contributed by atoms with Crippen molar-refractivity contribution in [1.29, 1.82) is 0 Å². The standard InChI is InChI=1S/C18H25N3O2/c1-18(2)12-20(3)10-11-21(18)17(23)14-6-4-13(5-7-14)16(22)19-15-8-9-15/h4-7,15H,8-12H2,1-3H3,(H,19,22). The molecule has 23 heavy (non-hydrogen) atoms. The van der Waals surface area contributed by atoms with Gasteiger partial charge < -0.3 is 15.1 Å². The monoisotopic (exact) mass is 315 g/mol. The molecule has 0 atom stereocenters. The van der Waals surface area contributed by atoms with Crippen molar-refractivity contribution in [3.63, 3.8) is 0 Å². The number of benzene rings is 1. The average Bonchev–Trinajstić information content (AvgIpc) is 3.29. The molecule has 1 aliphatic heterocycles. The van der Waals surface area contributed by atoms with Crippen molar-refractivity contribution in [3.05, 3.63) is 35.4 Å². The van der Waals surface area contributed by atoms with E-state index in [2.05, 4.69) is 31.1 Å². The van der Waals surface area contributed by atoms with Crippen molar-refractivity contribution in [2.24, 2.45) is 0 Å². The Kier molecular flexibility index (Phi) is 4.15. The number of amides is 2. The summed E-state index contributed by atoms with van der Waals surface area (Å²) in [4.78, 5) is 29.0. The summed E-state index contributed by atoms with van der Waals surface area (Å²) in [5, 5.41) is 2.96. The predicted octanol–water partition coefficient (Wildman–Crippen LogP) is 1.74. The van der Waals surface area contributed by atoms with Gasteiger partial charge in [-0.15, -0.1) is 0 Å². The topological polar surface area (TPSA) is 52.7 Å².